The van der Waals surface area contributed by atoms with Crippen molar-refractivity contribution in [1.82, 2.24) is 5.32 Å². The molecule has 0 aromatic rings. The van der Waals surface area contributed by atoms with Crippen molar-refractivity contribution in [3.63, 3.8) is 0 Å². The lowest BCUT2D eigenvalue weighted by Crippen LogP contribution is -2.46. The van der Waals surface area contributed by atoms with Gasteiger partial charge in [0.05, 0.1) is 39.9 Å². The monoisotopic (exact) mass is 947 g/mol. The molecular weight excluding hydrogens is 840 g/mol. The number of nitrogens with zero attached hydrogens (tertiary/aromatic N) is 1. The summed E-state index contributed by atoms with van der Waals surface area (Å²) in [6, 6.07) is -0.795. The Bertz CT molecular complexity index is 1260. The molecule has 0 aliphatic heterocycles. The Morgan fingerprint density at radius 1 is 0.545 bits per heavy atom. The average Bonchev–Trinajstić information content (AvgIpc) is 3.27. The van der Waals surface area contributed by atoms with Gasteiger partial charge in [-0.15, -0.1) is 0 Å². The van der Waals surface area contributed by atoms with E-state index >= 15 is 0 Å². The van der Waals surface area contributed by atoms with Gasteiger partial charge in [0.25, 0.3) is 7.82 Å². The average molecular weight is 947 g/mol. The van der Waals surface area contributed by atoms with Crippen LogP contribution in [0, 0.1) is 0 Å². The summed E-state index contributed by atoms with van der Waals surface area (Å²) in [6.07, 6.45) is 64.7. The minimum atomic E-state index is -4.55. The summed E-state index contributed by atoms with van der Waals surface area (Å²) in [4.78, 5) is 25.2. The third kappa shape index (κ3) is 50.1. The zero-order valence-electron chi connectivity index (χ0n) is 43.9. The molecule has 9 heteroatoms. The Balaban J connectivity index is 3.70. The molecule has 0 heterocycles. The van der Waals surface area contributed by atoms with E-state index in [0.717, 1.165) is 83.5 Å². The number of carbonyl (C=O) groups is 1. The van der Waals surface area contributed by atoms with Crippen LogP contribution in [0.5, 0.6) is 0 Å². The molecule has 0 radical (unpaired) electrons. The van der Waals surface area contributed by atoms with Crippen LogP contribution in [0.2, 0.25) is 0 Å². The second-order valence-corrected chi connectivity index (χ2v) is 21.3. The van der Waals surface area contributed by atoms with E-state index in [9.17, 15) is 19.4 Å². The van der Waals surface area contributed by atoms with Gasteiger partial charge in [0.1, 0.15) is 13.2 Å². The van der Waals surface area contributed by atoms with E-state index in [-0.39, 0.29) is 19.1 Å². The number of phosphoric ester groups is 1. The van der Waals surface area contributed by atoms with Crippen molar-refractivity contribution in [2.75, 3.05) is 40.9 Å². The zero-order chi connectivity index (χ0) is 48.5. The number of likely N-dealkylation sites (N-methyl/N-ethyl adjacent to an activating group) is 1. The molecule has 0 aliphatic carbocycles. The van der Waals surface area contributed by atoms with Crippen LogP contribution >= 0.6 is 7.82 Å². The fourth-order valence-electron chi connectivity index (χ4n) is 7.95. The Morgan fingerprint density at radius 2 is 0.924 bits per heavy atom. The quantitative estimate of drug-likeness (QED) is 0.0272. The van der Waals surface area contributed by atoms with E-state index < -0.39 is 20.0 Å². The molecule has 3 unspecified atom stereocenters. The molecule has 66 heavy (non-hydrogen) atoms. The number of rotatable bonds is 50. The third-order valence-corrected chi connectivity index (χ3v) is 13.2. The van der Waals surface area contributed by atoms with Gasteiger partial charge in [-0.3, -0.25) is 9.36 Å². The predicted octanol–water partition coefficient (Wildman–Crippen LogP) is 15.9. The molecule has 0 spiro atoms. The number of nitrogens with one attached hydrogen (secondary N) is 1. The summed E-state index contributed by atoms with van der Waals surface area (Å²) in [7, 11) is 1.30. The molecular formula is C57H107N2O6P. The minimum Gasteiger partial charge on any atom is -0.756 e. The molecule has 0 rings (SSSR count). The predicted molar refractivity (Wildman–Crippen MR) is 284 cm³/mol. The number of aliphatic hydroxyl groups excluding tert-OH is 1. The van der Waals surface area contributed by atoms with Crippen LogP contribution in [0.3, 0.4) is 0 Å². The fraction of sp³-hybridized carbons (Fsp3) is 0.807. The van der Waals surface area contributed by atoms with Crippen molar-refractivity contribution in [2.45, 2.75) is 257 Å². The van der Waals surface area contributed by atoms with Crippen LogP contribution in [0.15, 0.2) is 60.8 Å². The van der Waals surface area contributed by atoms with Gasteiger partial charge >= 0.3 is 0 Å². The Hall–Kier alpha value is -1.80. The van der Waals surface area contributed by atoms with Crippen molar-refractivity contribution in [1.29, 1.82) is 0 Å². The first-order valence-electron chi connectivity index (χ1n) is 27.6. The molecule has 0 bridgehead atoms. The lowest BCUT2D eigenvalue weighted by molar-refractivity contribution is -0.870. The van der Waals surface area contributed by atoms with E-state index in [1.807, 2.05) is 21.1 Å². The Morgan fingerprint density at radius 3 is 1.35 bits per heavy atom. The third-order valence-electron chi connectivity index (χ3n) is 12.3. The lowest BCUT2D eigenvalue weighted by Gasteiger charge is -2.30. The van der Waals surface area contributed by atoms with E-state index in [0.29, 0.717) is 23.9 Å². The molecule has 0 fully saturated rings. The van der Waals surface area contributed by atoms with E-state index in [1.165, 1.54) is 135 Å². The highest BCUT2D eigenvalue weighted by Gasteiger charge is 2.24. The number of hydrogen-bond donors (Lipinski definition) is 2. The van der Waals surface area contributed by atoms with E-state index in [1.54, 1.807) is 0 Å². The first kappa shape index (κ1) is 64.2. The topological polar surface area (TPSA) is 108 Å². The molecule has 2 N–H and O–H groups in total. The summed E-state index contributed by atoms with van der Waals surface area (Å²) in [5.74, 6) is -0.170. The minimum absolute atomic E-state index is 0.0118. The summed E-state index contributed by atoms with van der Waals surface area (Å²) in [6.45, 7) is 4.52. The fourth-order valence-corrected chi connectivity index (χ4v) is 8.67. The van der Waals surface area contributed by atoms with Crippen LogP contribution in [0.25, 0.3) is 0 Å². The van der Waals surface area contributed by atoms with Gasteiger partial charge < -0.3 is 28.8 Å². The summed E-state index contributed by atoms with van der Waals surface area (Å²) in [5, 5.41) is 13.7. The molecule has 0 aliphatic rings. The standard InChI is InChI=1S/C57H107N2O6P/c1-6-8-10-12-13-14-15-16-17-18-19-20-21-22-23-24-25-26-27-28-29-30-31-32-33-34-35-36-37-38-39-40-41-42-43-44-45-47-49-51-57(61)58-55(56(60)50-48-46-11-9-7-2)54-65-66(62,63)64-53-52-59(3,4)5/h8,10,13-14,16-17,19-20,22-23,55-56,60H,6-7,9,11-12,15,18,21,24-54H2,1-5H3,(H-,58,61,62,63)/b10-8-,14-13-,17-16-,20-19-,23-22-. The zero-order valence-corrected chi connectivity index (χ0v) is 44.8. The van der Waals surface area contributed by atoms with Crippen LogP contribution in [-0.2, 0) is 18.4 Å². The SMILES string of the molecule is CC/C=C\C/C=C\C/C=C\C/C=C\C/C=C\CCCCCCCCCCCCCCCCCCCCCCCCCC(=O)NC(COP(=O)([O-])OCC[N+](C)(C)C)C(O)CCCCCCC. The second-order valence-electron chi connectivity index (χ2n) is 19.9. The Kier molecular flexibility index (Phi) is 46.9. The normalized spacial score (nSPS) is 14.5. The summed E-state index contributed by atoms with van der Waals surface area (Å²) >= 11 is 0. The molecule has 386 valence electrons. The van der Waals surface area contributed by atoms with Crippen LogP contribution in [0.1, 0.15) is 245 Å². The largest absolute Gasteiger partial charge is 0.756 e. The maximum atomic E-state index is 12.8. The number of aliphatic hydroxyl groups is 1. The smallest absolute Gasteiger partial charge is 0.268 e. The molecule has 0 aromatic heterocycles. The van der Waals surface area contributed by atoms with Crippen LogP contribution in [-0.4, -0.2) is 68.5 Å². The molecule has 1 amide bonds. The van der Waals surface area contributed by atoms with Gasteiger partial charge in [-0.2, -0.15) is 0 Å². The second kappa shape index (κ2) is 48.2. The van der Waals surface area contributed by atoms with Gasteiger partial charge in [0, 0.05) is 6.42 Å². The Labute approximate surface area is 409 Å². The number of amides is 1. The van der Waals surface area contributed by atoms with Crippen molar-refractivity contribution in [2.24, 2.45) is 0 Å². The number of quaternary nitrogens is 1. The number of unbranched alkanes of at least 4 members (excludes halogenated alkanes) is 27. The highest BCUT2D eigenvalue weighted by molar-refractivity contribution is 7.45. The van der Waals surface area contributed by atoms with E-state index in [2.05, 4.69) is 79.9 Å². The van der Waals surface area contributed by atoms with Crippen LogP contribution in [0.4, 0.5) is 0 Å². The molecule has 8 nitrogen and oxygen atoms in total. The van der Waals surface area contributed by atoms with Crippen molar-refractivity contribution >= 4 is 13.7 Å². The lowest BCUT2D eigenvalue weighted by atomic mass is 10.0. The highest BCUT2D eigenvalue weighted by Crippen LogP contribution is 2.38. The van der Waals surface area contributed by atoms with E-state index in [4.69, 9.17) is 9.05 Å². The van der Waals surface area contributed by atoms with Gasteiger partial charge in [-0.05, 0) is 57.8 Å². The first-order valence-corrected chi connectivity index (χ1v) is 29.1. The number of phosphoric acid groups is 1. The van der Waals surface area contributed by atoms with Gasteiger partial charge in [-0.25, -0.2) is 0 Å². The van der Waals surface area contributed by atoms with Crippen molar-refractivity contribution in [3.8, 4) is 0 Å². The van der Waals surface area contributed by atoms with Gasteiger partial charge in [0.2, 0.25) is 5.91 Å². The molecule has 0 saturated heterocycles. The van der Waals surface area contributed by atoms with Gasteiger partial charge in [-0.1, -0.05) is 242 Å². The summed E-state index contributed by atoms with van der Waals surface area (Å²) in [5.41, 5.74) is 0. The number of carbonyl (C=O) groups excluding carboxylic acids is 1. The maximum Gasteiger partial charge on any atom is 0.268 e. The molecule has 3 atom stereocenters. The van der Waals surface area contributed by atoms with Crippen molar-refractivity contribution < 1.29 is 32.9 Å². The number of allylic oxidation sites excluding steroid dienone is 10. The van der Waals surface area contributed by atoms with Crippen molar-refractivity contribution in [3.05, 3.63) is 60.8 Å². The summed E-state index contributed by atoms with van der Waals surface area (Å²) < 4.78 is 23.1. The van der Waals surface area contributed by atoms with Crippen LogP contribution < -0.4 is 10.2 Å². The van der Waals surface area contributed by atoms with Gasteiger partial charge in [0.15, 0.2) is 0 Å². The maximum absolute atomic E-state index is 12.8. The molecule has 0 aromatic carbocycles. The first-order chi connectivity index (χ1) is 32.0. The highest BCUT2D eigenvalue weighted by atomic mass is 31.2. The number of hydrogen-bond acceptors (Lipinski definition) is 6. The molecule has 0 saturated carbocycles.